The Morgan fingerprint density at radius 1 is 0.967 bits per heavy atom. The summed E-state index contributed by atoms with van der Waals surface area (Å²) in [5.74, 6) is 0.745. The predicted molar refractivity (Wildman–Crippen MR) is 134 cm³/mol. The molecule has 0 unspecified atom stereocenters. The Kier molecular flexibility index (Phi) is 6.57. The Morgan fingerprint density at radius 3 is 2.60 bits per heavy atom. The third kappa shape index (κ3) is 4.61. The first kappa shape index (κ1) is 21.1. The number of hydrogen-bond donors (Lipinski definition) is 0. The number of nitrogens with zero attached hydrogens (tertiary/aromatic N) is 1. The van der Waals surface area contributed by atoms with E-state index in [1.165, 1.54) is 10.8 Å². The zero-order valence-corrected chi connectivity index (χ0v) is 20.1. The molecule has 0 N–H and O–H groups in total. The summed E-state index contributed by atoms with van der Waals surface area (Å²) in [6.45, 7) is 2.42. The lowest BCUT2D eigenvalue weighted by molar-refractivity contribution is 0.305. The van der Waals surface area contributed by atoms with Crippen molar-refractivity contribution in [1.82, 2.24) is 0 Å². The lowest BCUT2D eigenvalue weighted by Crippen LogP contribution is -2.00. The van der Waals surface area contributed by atoms with Gasteiger partial charge in [0.2, 0.25) is 0 Å². The molecule has 0 aliphatic carbocycles. The first-order valence-corrected chi connectivity index (χ1v) is 11.4. The lowest BCUT2D eigenvalue weighted by atomic mass is 10.1. The molecule has 0 fully saturated rings. The van der Waals surface area contributed by atoms with Crippen molar-refractivity contribution in [2.24, 2.45) is 4.99 Å². The lowest BCUT2D eigenvalue weighted by Gasteiger charge is -2.13. The molecule has 0 aliphatic rings. The number of hydrogen-bond acceptors (Lipinski definition) is 2. The highest BCUT2D eigenvalue weighted by Gasteiger charge is 2.11. The van der Waals surface area contributed by atoms with E-state index in [1.807, 2.05) is 55.6 Å². The van der Waals surface area contributed by atoms with Gasteiger partial charge in [-0.15, -0.1) is 0 Å². The molecular formula is C25H18Br2ClNO. The molecule has 0 spiro atoms. The quantitative estimate of drug-likeness (QED) is 0.231. The second-order valence-corrected chi connectivity index (χ2v) is 9.05. The third-order valence-corrected chi connectivity index (χ3v) is 6.33. The van der Waals surface area contributed by atoms with Crippen molar-refractivity contribution in [3.8, 4) is 5.75 Å². The fraction of sp³-hybridized carbons (Fsp3) is 0.0800. The minimum absolute atomic E-state index is 0.457. The van der Waals surface area contributed by atoms with E-state index < -0.39 is 0 Å². The molecule has 30 heavy (non-hydrogen) atoms. The van der Waals surface area contributed by atoms with Crippen LogP contribution in [0.25, 0.3) is 10.8 Å². The van der Waals surface area contributed by atoms with Crippen molar-refractivity contribution in [2.75, 3.05) is 0 Å². The van der Waals surface area contributed by atoms with E-state index in [1.54, 1.807) is 0 Å². The molecule has 0 aliphatic heterocycles. The molecular weight excluding hydrogens is 526 g/mol. The Labute approximate surface area is 197 Å². The van der Waals surface area contributed by atoms with E-state index >= 15 is 0 Å². The van der Waals surface area contributed by atoms with Gasteiger partial charge in [0, 0.05) is 21.3 Å². The van der Waals surface area contributed by atoms with Crippen LogP contribution in [-0.2, 0) is 6.61 Å². The van der Waals surface area contributed by atoms with Gasteiger partial charge < -0.3 is 4.74 Å². The van der Waals surface area contributed by atoms with E-state index in [-0.39, 0.29) is 0 Å². The molecule has 150 valence electrons. The van der Waals surface area contributed by atoms with E-state index in [0.717, 1.165) is 37.1 Å². The largest absolute Gasteiger partial charge is 0.487 e. The van der Waals surface area contributed by atoms with Crippen LogP contribution in [0.3, 0.4) is 0 Å². The standard InChI is InChI=1S/C25H18Br2ClNO/c1-16-23(28)10-5-11-24(16)29-14-19-12-20(26)13-22(27)25(19)30-15-18-8-4-7-17-6-2-3-9-21(17)18/h2-14H,15H2,1H3. The molecule has 2 nitrogen and oxygen atoms in total. The smallest absolute Gasteiger partial charge is 0.142 e. The summed E-state index contributed by atoms with van der Waals surface area (Å²) < 4.78 is 8.08. The minimum atomic E-state index is 0.457. The zero-order valence-electron chi connectivity index (χ0n) is 16.2. The molecule has 5 heteroatoms. The van der Waals surface area contributed by atoms with Gasteiger partial charge in [-0.25, -0.2) is 0 Å². The second kappa shape index (κ2) is 9.34. The maximum atomic E-state index is 6.27. The van der Waals surface area contributed by atoms with E-state index in [9.17, 15) is 0 Å². The molecule has 0 saturated heterocycles. The SMILES string of the molecule is Cc1c(Cl)cccc1N=Cc1cc(Br)cc(Br)c1OCc1cccc2ccccc12. The van der Waals surface area contributed by atoms with Crippen LogP contribution in [0.1, 0.15) is 16.7 Å². The molecule has 0 saturated carbocycles. The number of halogens is 3. The summed E-state index contributed by atoms with van der Waals surface area (Å²) >= 11 is 13.4. The summed E-state index contributed by atoms with van der Waals surface area (Å²) in [5.41, 5.74) is 3.79. The number of fused-ring (bicyclic) bond motifs is 1. The summed E-state index contributed by atoms with van der Waals surface area (Å²) in [4.78, 5) is 4.65. The van der Waals surface area contributed by atoms with Crippen molar-refractivity contribution < 1.29 is 4.74 Å². The van der Waals surface area contributed by atoms with Gasteiger partial charge >= 0.3 is 0 Å². The van der Waals surface area contributed by atoms with Crippen molar-refractivity contribution in [2.45, 2.75) is 13.5 Å². The monoisotopic (exact) mass is 541 g/mol. The number of benzene rings is 4. The highest BCUT2D eigenvalue weighted by molar-refractivity contribution is 9.11. The maximum Gasteiger partial charge on any atom is 0.142 e. The number of ether oxygens (including phenoxy) is 1. The van der Waals surface area contributed by atoms with Crippen molar-refractivity contribution in [1.29, 1.82) is 0 Å². The topological polar surface area (TPSA) is 21.6 Å². The van der Waals surface area contributed by atoms with Gasteiger partial charge in [0.15, 0.2) is 0 Å². The molecule has 0 bridgehead atoms. The Hall–Kier alpha value is -2.14. The van der Waals surface area contributed by atoms with E-state index in [4.69, 9.17) is 16.3 Å². The first-order chi connectivity index (χ1) is 14.5. The van der Waals surface area contributed by atoms with Crippen LogP contribution in [0, 0.1) is 6.92 Å². The molecule has 4 aromatic rings. The van der Waals surface area contributed by atoms with Crippen LogP contribution in [0.15, 0.2) is 86.7 Å². The fourth-order valence-electron chi connectivity index (χ4n) is 3.27. The predicted octanol–water partition coefficient (Wildman–Crippen LogP) is 8.66. The van der Waals surface area contributed by atoms with Gasteiger partial charge in [-0.3, -0.25) is 4.99 Å². The average Bonchev–Trinajstić information content (AvgIpc) is 2.74. The molecule has 0 amide bonds. The van der Waals surface area contributed by atoms with Crippen LogP contribution < -0.4 is 4.74 Å². The number of aliphatic imine (C=N–C) groups is 1. The minimum Gasteiger partial charge on any atom is -0.487 e. The normalized spacial score (nSPS) is 11.3. The van der Waals surface area contributed by atoms with Gasteiger partial charge in [-0.1, -0.05) is 76.1 Å². The van der Waals surface area contributed by atoms with E-state index in [2.05, 4.69) is 67.2 Å². The van der Waals surface area contributed by atoms with Crippen LogP contribution in [0.4, 0.5) is 5.69 Å². The molecule has 0 radical (unpaired) electrons. The highest BCUT2D eigenvalue weighted by Crippen LogP contribution is 2.34. The van der Waals surface area contributed by atoms with Crippen LogP contribution >= 0.6 is 43.5 Å². The van der Waals surface area contributed by atoms with Gasteiger partial charge in [0.05, 0.1) is 10.2 Å². The Balaban J connectivity index is 1.66. The maximum absolute atomic E-state index is 6.27. The van der Waals surface area contributed by atoms with Gasteiger partial charge in [-0.05, 0) is 69.0 Å². The van der Waals surface area contributed by atoms with Crippen LogP contribution in [-0.4, -0.2) is 6.21 Å². The summed E-state index contributed by atoms with van der Waals surface area (Å²) in [6.07, 6.45) is 1.81. The second-order valence-electron chi connectivity index (χ2n) is 6.88. The Morgan fingerprint density at radius 2 is 1.73 bits per heavy atom. The summed E-state index contributed by atoms with van der Waals surface area (Å²) in [6, 6.07) is 24.3. The molecule has 4 rings (SSSR count). The Bertz CT molecular complexity index is 1250. The molecule has 0 aromatic heterocycles. The summed E-state index contributed by atoms with van der Waals surface area (Å²) in [7, 11) is 0. The fourth-order valence-corrected chi connectivity index (χ4v) is 4.81. The van der Waals surface area contributed by atoms with Crippen molar-refractivity contribution in [3.63, 3.8) is 0 Å². The van der Waals surface area contributed by atoms with Gasteiger partial charge in [0.1, 0.15) is 12.4 Å². The van der Waals surface area contributed by atoms with Crippen LogP contribution in [0.2, 0.25) is 5.02 Å². The molecule has 4 aromatic carbocycles. The molecule has 0 heterocycles. The third-order valence-electron chi connectivity index (χ3n) is 4.87. The summed E-state index contributed by atoms with van der Waals surface area (Å²) in [5, 5.41) is 3.09. The van der Waals surface area contributed by atoms with Crippen LogP contribution in [0.5, 0.6) is 5.75 Å². The van der Waals surface area contributed by atoms with Gasteiger partial charge in [0.25, 0.3) is 0 Å². The zero-order chi connectivity index (χ0) is 21.1. The molecule has 0 atom stereocenters. The average molecular weight is 544 g/mol. The number of rotatable bonds is 5. The van der Waals surface area contributed by atoms with Crippen molar-refractivity contribution >= 4 is 66.1 Å². The van der Waals surface area contributed by atoms with Gasteiger partial charge in [-0.2, -0.15) is 0 Å². The first-order valence-electron chi connectivity index (χ1n) is 9.40. The van der Waals surface area contributed by atoms with E-state index in [0.29, 0.717) is 11.6 Å². The highest BCUT2D eigenvalue weighted by atomic mass is 79.9. The van der Waals surface area contributed by atoms with Crippen molar-refractivity contribution in [3.05, 3.63) is 103 Å².